The molecule has 1 aliphatic rings. The maximum atomic E-state index is 12.4. The van der Waals surface area contributed by atoms with Crippen LogP contribution in [0.1, 0.15) is 33.1 Å². The first-order valence-corrected chi connectivity index (χ1v) is 9.87. The molecular weight excluding hydrogens is 346 g/mol. The van der Waals surface area contributed by atoms with Crippen LogP contribution in [0.15, 0.2) is 4.34 Å². The fourth-order valence-corrected chi connectivity index (χ4v) is 4.39. The molecule has 1 aromatic rings. The van der Waals surface area contributed by atoms with Crippen molar-refractivity contribution in [1.82, 2.24) is 20.0 Å². The van der Waals surface area contributed by atoms with Crippen LogP contribution in [0.5, 0.6) is 0 Å². The van der Waals surface area contributed by atoms with Crippen LogP contribution in [0, 0.1) is 5.92 Å². The number of carbonyl (C=O) groups is 2. The zero-order valence-electron chi connectivity index (χ0n) is 14.6. The van der Waals surface area contributed by atoms with E-state index in [0.717, 1.165) is 10.8 Å². The summed E-state index contributed by atoms with van der Waals surface area (Å²) in [7, 11) is 3.48. The topological polar surface area (TPSA) is 78.4 Å². The van der Waals surface area contributed by atoms with Crippen molar-refractivity contribution in [3.8, 4) is 0 Å². The van der Waals surface area contributed by atoms with Crippen molar-refractivity contribution < 1.29 is 9.59 Å². The number of amides is 3. The summed E-state index contributed by atoms with van der Waals surface area (Å²) in [5, 5.41) is 12.1. The van der Waals surface area contributed by atoms with Crippen molar-refractivity contribution in [2.75, 3.05) is 32.5 Å². The fourth-order valence-electron chi connectivity index (χ4n) is 2.39. The lowest BCUT2D eigenvalue weighted by Gasteiger charge is -2.32. The lowest BCUT2D eigenvalue weighted by atomic mass is 9.96. The zero-order chi connectivity index (χ0) is 17.7. The van der Waals surface area contributed by atoms with Gasteiger partial charge in [-0.15, -0.1) is 10.2 Å². The Kier molecular flexibility index (Phi) is 6.85. The quantitative estimate of drug-likeness (QED) is 0.636. The van der Waals surface area contributed by atoms with Gasteiger partial charge in [-0.1, -0.05) is 36.9 Å². The van der Waals surface area contributed by atoms with Crippen molar-refractivity contribution >= 4 is 40.2 Å². The van der Waals surface area contributed by atoms with Crippen LogP contribution in [0.3, 0.4) is 0 Å². The maximum absolute atomic E-state index is 12.4. The predicted octanol–water partition coefficient (Wildman–Crippen LogP) is 2.76. The molecule has 1 N–H and O–H groups in total. The second-order valence-corrected chi connectivity index (χ2v) is 8.80. The number of piperidine rings is 1. The van der Waals surface area contributed by atoms with Crippen molar-refractivity contribution in [2.45, 2.75) is 42.7 Å². The number of thioether (sulfide) groups is 1. The molecule has 1 atom stereocenters. The molecule has 1 unspecified atom stereocenters. The third-order valence-corrected chi connectivity index (χ3v) is 6.22. The summed E-state index contributed by atoms with van der Waals surface area (Å²) >= 11 is 3.09. The molecule has 2 heterocycles. The van der Waals surface area contributed by atoms with Gasteiger partial charge in [0.25, 0.3) is 0 Å². The summed E-state index contributed by atoms with van der Waals surface area (Å²) in [6.07, 6.45) is 2.42. The van der Waals surface area contributed by atoms with Gasteiger partial charge < -0.3 is 15.1 Å². The smallest absolute Gasteiger partial charge is 0.319 e. The molecule has 0 aromatic carbocycles. The average Bonchev–Trinajstić information content (AvgIpc) is 3.00. The molecule has 9 heteroatoms. The lowest BCUT2D eigenvalue weighted by molar-refractivity contribution is -0.121. The molecule has 134 valence electrons. The third-order valence-electron chi connectivity index (χ3n) is 4.03. The van der Waals surface area contributed by atoms with E-state index in [-0.39, 0.29) is 17.9 Å². The second-order valence-electron chi connectivity index (χ2n) is 6.14. The van der Waals surface area contributed by atoms with Gasteiger partial charge in [-0.05, 0) is 19.3 Å². The Labute approximate surface area is 151 Å². The summed E-state index contributed by atoms with van der Waals surface area (Å²) in [4.78, 5) is 27.6. The van der Waals surface area contributed by atoms with Gasteiger partial charge in [-0.3, -0.25) is 4.79 Å². The number of aromatic nitrogens is 2. The van der Waals surface area contributed by atoms with Crippen LogP contribution in [0.2, 0.25) is 0 Å². The van der Waals surface area contributed by atoms with E-state index in [1.807, 2.05) is 0 Å². The third kappa shape index (κ3) is 5.07. The van der Waals surface area contributed by atoms with Crippen molar-refractivity contribution in [1.29, 1.82) is 0 Å². The molecule has 0 aliphatic carbocycles. The minimum absolute atomic E-state index is 0.00434. The van der Waals surface area contributed by atoms with Crippen LogP contribution in [-0.2, 0) is 4.79 Å². The van der Waals surface area contributed by atoms with Gasteiger partial charge in [0, 0.05) is 38.4 Å². The molecule has 1 saturated heterocycles. The van der Waals surface area contributed by atoms with Gasteiger partial charge in [0.05, 0.1) is 0 Å². The fraction of sp³-hybridized carbons (Fsp3) is 0.733. The Bertz CT molecular complexity index is 570. The summed E-state index contributed by atoms with van der Waals surface area (Å²) in [5.41, 5.74) is 0. The van der Waals surface area contributed by atoms with E-state index < -0.39 is 0 Å². The van der Waals surface area contributed by atoms with Gasteiger partial charge in [-0.25, -0.2) is 4.79 Å². The molecular formula is C15H25N5O2S2. The van der Waals surface area contributed by atoms with Crippen LogP contribution >= 0.6 is 23.1 Å². The number of carbonyl (C=O) groups excluding carboxylic acids is 2. The van der Waals surface area contributed by atoms with Crippen molar-refractivity contribution in [3.63, 3.8) is 0 Å². The number of rotatable bonds is 5. The van der Waals surface area contributed by atoms with E-state index >= 15 is 0 Å². The highest BCUT2D eigenvalue weighted by Crippen LogP contribution is 2.30. The van der Waals surface area contributed by atoms with E-state index in [4.69, 9.17) is 0 Å². The van der Waals surface area contributed by atoms with Gasteiger partial charge in [-0.2, -0.15) is 0 Å². The van der Waals surface area contributed by atoms with E-state index in [1.54, 1.807) is 35.7 Å². The minimum atomic E-state index is -0.0780. The van der Waals surface area contributed by atoms with Crippen LogP contribution < -0.4 is 5.32 Å². The molecule has 7 nitrogen and oxygen atoms in total. The van der Waals surface area contributed by atoms with Crippen molar-refractivity contribution in [2.24, 2.45) is 5.92 Å². The Balaban J connectivity index is 1.82. The van der Waals surface area contributed by atoms with Gasteiger partial charge in [0.2, 0.25) is 11.0 Å². The number of nitrogens with one attached hydrogen (secondary N) is 1. The normalized spacial score (nSPS) is 16.8. The summed E-state index contributed by atoms with van der Waals surface area (Å²) in [6, 6.07) is 0.00434. The van der Waals surface area contributed by atoms with E-state index in [9.17, 15) is 9.59 Å². The SMILES string of the molecule is CCC(C)Sc1nnc(NC(=O)C2CCN(C(=O)N(C)C)CC2)s1. The van der Waals surface area contributed by atoms with Gasteiger partial charge in [0.15, 0.2) is 4.34 Å². The summed E-state index contributed by atoms with van der Waals surface area (Å²) < 4.78 is 0.881. The Morgan fingerprint density at radius 1 is 1.38 bits per heavy atom. The van der Waals surface area contributed by atoms with Crippen LogP contribution in [0.25, 0.3) is 0 Å². The number of likely N-dealkylation sites (tertiary alicyclic amines) is 1. The second kappa shape index (κ2) is 8.66. The van der Waals surface area contributed by atoms with Crippen LogP contribution in [0.4, 0.5) is 9.93 Å². The predicted molar refractivity (Wildman–Crippen MR) is 97.5 cm³/mol. The average molecular weight is 372 g/mol. The standard InChI is InChI=1S/C15H25N5O2S2/c1-5-10(2)23-14-18-17-13(24-14)16-12(21)11-6-8-20(9-7-11)15(22)19(3)4/h10-11H,5-9H2,1-4H3,(H,16,17,21). The molecule has 1 aliphatic heterocycles. The van der Waals surface area contributed by atoms with E-state index in [1.165, 1.54) is 11.3 Å². The first-order valence-electron chi connectivity index (χ1n) is 8.18. The molecule has 0 saturated carbocycles. The Morgan fingerprint density at radius 2 is 2.04 bits per heavy atom. The monoisotopic (exact) mass is 371 g/mol. The number of urea groups is 1. The van der Waals surface area contributed by atoms with Crippen LogP contribution in [-0.4, -0.2) is 64.4 Å². The molecule has 0 bridgehead atoms. The van der Waals surface area contributed by atoms with Gasteiger partial charge in [0.1, 0.15) is 0 Å². The summed E-state index contributed by atoms with van der Waals surface area (Å²) in [6.45, 7) is 5.50. The van der Waals surface area contributed by atoms with Gasteiger partial charge >= 0.3 is 6.03 Å². The largest absolute Gasteiger partial charge is 0.331 e. The van der Waals surface area contributed by atoms with E-state index in [2.05, 4.69) is 29.4 Å². The minimum Gasteiger partial charge on any atom is -0.331 e. The van der Waals surface area contributed by atoms with E-state index in [0.29, 0.717) is 36.3 Å². The molecule has 1 aromatic heterocycles. The maximum Gasteiger partial charge on any atom is 0.319 e. The number of hydrogen-bond donors (Lipinski definition) is 1. The molecule has 24 heavy (non-hydrogen) atoms. The summed E-state index contributed by atoms with van der Waals surface area (Å²) in [5.74, 6) is -0.103. The highest BCUT2D eigenvalue weighted by molar-refractivity contribution is 8.01. The first kappa shape index (κ1) is 19.0. The molecule has 2 rings (SSSR count). The highest BCUT2D eigenvalue weighted by atomic mass is 32.2. The molecule has 1 fully saturated rings. The number of nitrogens with zero attached hydrogens (tertiary/aromatic N) is 4. The lowest BCUT2D eigenvalue weighted by Crippen LogP contribution is -2.45. The molecule has 0 spiro atoms. The zero-order valence-corrected chi connectivity index (χ0v) is 16.2. The van der Waals surface area contributed by atoms with Crippen molar-refractivity contribution in [3.05, 3.63) is 0 Å². The Hall–Kier alpha value is -1.35. The Morgan fingerprint density at radius 3 is 2.62 bits per heavy atom. The first-order chi connectivity index (χ1) is 11.4. The molecule has 0 radical (unpaired) electrons. The number of anilines is 1. The number of hydrogen-bond acceptors (Lipinski definition) is 6. The highest BCUT2D eigenvalue weighted by Gasteiger charge is 2.28. The molecule has 3 amide bonds.